The van der Waals surface area contributed by atoms with Crippen LogP contribution in [0.1, 0.15) is 29.5 Å². The summed E-state index contributed by atoms with van der Waals surface area (Å²) in [6, 6.07) is 11.9. The normalized spacial score (nSPS) is 12.0. The number of nitrogens with one attached hydrogen (secondary N) is 1. The number of thioether (sulfide) groups is 1. The Kier molecular flexibility index (Phi) is 8.45. The number of aryl methyl sites for hydroxylation is 1. The molecule has 3 aromatic rings. The van der Waals surface area contributed by atoms with Crippen molar-refractivity contribution >= 4 is 57.8 Å². The highest BCUT2D eigenvalue weighted by molar-refractivity contribution is 7.98. The second-order valence-electron chi connectivity index (χ2n) is 7.39. The predicted molar refractivity (Wildman–Crippen MR) is 133 cm³/mol. The van der Waals surface area contributed by atoms with E-state index in [2.05, 4.69) is 16.8 Å². The van der Waals surface area contributed by atoms with E-state index in [9.17, 15) is 9.59 Å². The van der Waals surface area contributed by atoms with Crippen molar-refractivity contribution in [3.05, 3.63) is 63.9 Å². The largest absolute Gasteiger partial charge is 0.340 e. The van der Waals surface area contributed by atoms with Crippen molar-refractivity contribution in [3.63, 3.8) is 0 Å². The van der Waals surface area contributed by atoms with Gasteiger partial charge in [-0.3, -0.25) is 9.59 Å². The summed E-state index contributed by atoms with van der Waals surface area (Å²) >= 11 is 13.7. The van der Waals surface area contributed by atoms with Crippen molar-refractivity contribution in [1.82, 2.24) is 19.8 Å². The van der Waals surface area contributed by atoms with E-state index in [-0.39, 0.29) is 16.5 Å². The van der Waals surface area contributed by atoms with E-state index in [1.54, 1.807) is 35.8 Å². The van der Waals surface area contributed by atoms with E-state index < -0.39 is 11.9 Å². The van der Waals surface area contributed by atoms with E-state index in [1.165, 1.54) is 6.07 Å². The van der Waals surface area contributed by atoms with Gasteiger partial charge in [0.2, 0.25) is 5.91 Å². The van der Waals surface area contributed by atoms with Crippen LogP contribution in [-0.4, -0.2) is 51.4 Å². The van der Waals surface area contributed by atoms with Crippen molar-refractivity contribution in [2.45, 2.75) is 32.5 Å². The molecular weight excluding hydrogens is 467 g/mol. The molecule has 1 atom stereocenters. The van der Waals surface area contributed by atoms with Gasteiger partial charge in [0, 0.05) is 18.6 Å². The fourth-order valence-electron chi connectivity index (χ4n) is 3.56. The quantitative estimate of drug-likeness (QED) is 0.462. The summed E-state index contributed by atoms with van der Waals surface area (Å²) in [7, 11) is 1.73. The van der Waals surface area contributed by atoms with Crippen LogP contribution in [0.2, 0.25) is 10.0 Å². The maximum atomic E-state index is 13.3. The molecule has 2 aromatic carbocycles. The van der Waals surface area contributed by atoms with Gasteiger partial charge in [0.05, 0.1) is 28.2 Å². The molecule has 0 aliphatic heterocycles. The Bertz CT molecular complexity index is 1120. The fourth-order valence-corrected chi connectivity index (χ4v) is 4.52. The van der Waals surface area contributed by atoms with Crippen LogP contribution in [-0.2, 0) is 17.9 Å². The highest BCUT2D eigenvalue weighted by Gasteiger charge is 2.26. The molecule has 0 radical (unpaired) electrons. The topological polar surface area (TPSA) is 67.2 Å². The molecule has 6 nitrogen and oxygen atoms in total. The summed E-state index contributed by atoms with van der Waals surface area (Å²) < 4.78 is 2.10. The fraction of sp³-hybridized carbons (Fsp3) is 0.348. The number of fused-ring (bicyclic) bond motifs is 1. The molecule has 0 aliphatic carbocycles. The van der Waals surface area contributed by atoms with Gasteiger partial charge >= 0.3 is 0 Å². The van der Waals surface area contributed by atoms with Gasteiger partial charge in [-0.1, -0.05) is 35.3 Å². The number of hydrogen-bond acceptors (Lipinski definition) is 4. The van der Waals surface area contributed by atoms with Crippen molar-refractivity contribution < 1.29 is 9.59 Å². The van der Waals surface area contributed by atoms with Crippen LogP contribution in [0.4, 0.5) is 0 Å². The summed E-state index contributed by atoms with van der Waals surface area (Å²) in [6.45, 7) is 3.14. The lowest BCUT2D eigenvalue weighted by atomic mass is 10.1. The number of amides is 2. The average molecular weight is 493 g/mol. The molecule has 0 aliphatic rings. The van der Waals surface area contributed by atoms with Crippen LogP contribution in [0.5, 0.6) is 0 Å². The molecule has 0 spiro atoms. The van der Waals surface area contributed by atoms with Gasteiger partial charge in [0.25, 0.3) is 5.91 Å². The zero-order valence-electron chi connectivity index (χ0n) is 18.3. The number of para-hydroxylation sites is 2. The maximum Gasteiger partial charge on any atom is 0.253 e. The molecule has 1 N–H and O–H groups in total. The third-order valence-corrected chi connectivity index (χ3v) is 6.39. The van der Waals surface area contributed by atoms with E-state index in [0.717, 1.165) is 29.2 Å². The third-order valence-electron chi connectivity index (χ3n) is 5.19. The van der Waals surface area contributed by atoms with Gasteiger partial charge in [0.1, 0.15) is 11.9 Å². The molecule has 0 saturated heterocycles. The molecule has 1 aromatic heterocycles. The summed E-state index contributed by atoms with van der Waals surface area (Å²) in [5.74, 6) is 0.958. The van der Waals surface area contributed by atoms with Crippen LogP contribution >= 0.6 is 35.0 Å². The number of carbonyl (C=O) groups excluding carboxylic acids is 2. The molecule has 0 bridgehead atoms. The predicted octanol–water partition coefficient (Wildman–Crippen LogP) is 4.87. The van der Waals surface area contributed by atoms with Crippen LogP contribution in [0, 0.1) is 0 Å². The Balaban J connectivity index is 1.78. The number of benzene rings is 2. The molecule has 32 heavy (non-hydrogen) atoms. The summed E-state index contributed by atoms with van der Waals surface area (Å²) in [6.07, 6.45) is 2.47. The van der Waals surface area contributed by atoms with Crippen molar-refractivity contribution in [3.8, 4) is 0 Å². The maximum absolute atomic E-state index is 13.3. The minimum atomic E-state index is -0.675. The van der Waals surface area contributed by atoms with E-state index >= 15 is 0 Å². The SMILES string of the molecule is CCn1c(CN(C)C(=O)C(CCSC)NC(=O)c2ccc(Cl)cc2Cl)nc2ccccc21. The van der Waals surface area contributed by atoms with E-state index in [1.807, 2.05) is 30.5 Å². The molecule has 1 unspecified atom stereocenters. The van der Waals surface area contributed by atoms with Gasteiger partial charge in [-0.05, 0) is 55.7 Å². The first-order valence-corrected chi connectivity index (χ1v) is 12.4. The Morgan fingerprint density at radius 1 is 1.22 bits per heavy atom. The number of rotatable bonds is 9. The second kappa shape index (κ2) is 11.1. The zero-order valence-corrected chi connectivity index (χ0v) is 20.6. The van der Waals surface area contributed by atoms with E-state index in [4.69, 9.17) is 28.2 Å². The number of nitrogens with zero attached hydrogens (tertiary/aromatic N) is 3. The average Bonchev–Trinajstić information content (AvgIpc) is 3.12. The van der Waals surface area contributed by atoms with Crippen molar-refractivity contribution in [1.29, 1.82) is 0 Å². The van der Waals surface area contributed by atoms with Gasteiger partial charge in [-0.2, -0.15) is 11.8 Å². The minimum Gasteiger partial charge on any atom is -0.340 e. The first-order valence-electron chi connectivity index (χ1n) is 10.3. The monoisotopic (exact) mass is 492 g/mol. The Morgan fingerprint density at radius 3 is 2.66 bits per heavy atom. The summed E-state index contributed by atoms with van der Waals surface area (Å²) in [5, 5.41) is 3.54. The smallest absolute Gasteiger partial charge is 0.253 e. The Morgan fingerprint density at radius 2 is 1.97 bits per heavy atom. The van der Waals surface area contributed by atoms with Crippen LogP contribution in [0.3, 0.4) is 0 Å². The highest BCUT2D eigenvalue weighted by Crippen LogP contribution is 2.22. The zero-order chi connectivity index (χ0) is 23.3. The number of carbonyl (C=O) groups is 2. The first kappa shape index (κ1) is 24.4. The van der Waals surface area contributed by atoms with Gasteiger partial charge in [0.15, 0.2) is 0 Å². The van der Waals surface area contributed by atoms with Crippen LogP contribution < -0.4 is 5.32 Å². The van der Waals surface area contributed by atoms with Crippen molar-refractivity contribution in [2.75, 3.05) is 19.1 Å². The number of hydrogen-bond donors (Lipinski definition) is 1. The molecule has 2 amide bonds. The molecule has 0 fully saturated rings. The second-order valence-corrected chi connectivity index (χ2v) is 9.22. The summed E-state index contributed by atoms with van der Waals surface area (Å²) in [4.78, 5) is 32.4. The standard InChI is InChI=1S/C23H26Cl2N4O2S/c1-4-29-20-8-6-5-7-18(20)26-21(29)14-28(2)23(31)19(11-12-32-3)27-22(30)16-10-9-15(24)13-17(16)25/h5-10,13,19H,4,11-12,14H2,1-3H3,(H,27,30). The first-order chi connectivity index (χ1) is 15.3. The Hall–Kier alpha value is -2.22. The molecule has 9 heteroatoms. The van der Waals surface area contributed by atoms with E-state index in [0.29, 0.717) is 18.0 Å². The van der Waals surface area contributed by atoms with Gasteiger partial charge < -0.3 is 14.8 Å². The molecule has 1 heterocycles. The van der Waals surface area contributed by atoms with Crippen molar-refractivity contribution in [2.24, 2.45) is 0 Å². The summed E-state index contributed by atoms with van der Waals surface area (Å²) in [5.41, 5.74) is 2.22. The molecule has 0 saturated carbocycles. The van der Waals surface area contributed by atoms with Gasteiger partial charge in [-0.15, -0.1) is 0 Å². The number of aromatic nitrogens is 2. The number of likely N-dealkylation sites (N-methyl/N-ethyl adjacent to an activating group) is 1. The highest BCUT2D eigenvalue weighted by atomic mass is 35.5. The Labute approximate surface area is 202 Å². The van der Waals surface area contributed by atoms with Gasteiger partial charge in [-0.25, -0.2) is 4.98 Å². The number of imidazole rings is 1. The molecule has 3 rings (SSSR count). The molecular formula is C23H26Cl2N4O2S. The lowest BCUT2D eigenvalue weighted by molar-refractivity contribution is -0.132. The number of halogens is 2. The lowest BCUT2D eigenvalue weighted by Crippen LogP contribution is -2.47. The van der Waals surface area contributed by atoms with Crippen LogP contribution in [0.25, 0.3) is 11.0 Å². The van der Waals surface area contributed by atoms with Crippen LogP contribution in [0.15, 0.2) is 42.5 Å². The lowest BCUT2D eigenvalue weighted by Gasteiger charge is -2.25. The third kappa shape index (κ3) is 5.57. The molecule has 170 valence electrons. The minimum absolute atomic E-state index is 0.174.